The Kier molecular flexibility index (Phi) is 10.2. The monoisotopic (exact) mass is 468 g/mol. The third kappa shape index (κ3) is 9.99. The molecule has 0 spiro atoms. The van der Waals surface area contributed by atoms with E-state index in [2.05, 4.69) is 125 Å². The first kappa shape index (κ1) is 29.9. The molecule has 0 aromatic heterocycles. The lowest BCUT2D eigenvalue weighted by Crippen LogP contribution is -2.47. The molecule has 0 N–H and O–H groups in total. The molecule has 0 radical (unpaired) electrons. The lowest BCUT2D eigenvalue weighted by atomic mass is 9.86. The average Bonchev–Trinajstić information content (AvgIpc) is 2.47. The summed E-state index contributed by atoms with van der Waals surface area (Å²) < 4.78 is 13.2. The summed E-state index contributed by atoms with van der Waals surface area (Å²) >= 11 is 0. The van der Waals surface area contributed by atoms with E-state index in [1.54, 1.807) is 0 Å². The maximum absolute atomic E-state index is 6.83. The van der Waals surface area contributed by atoms with Crippen LogP contribution in [0.1, 0.15) is 61.8 Å². The average molecular weight is 469 g/mol. The maximum Gasteiger partial charge on any atom is 0.193 e. The molecule has 176 valence electrons. The summed E-state index contributed by atoms with van der Waals surface area (Å²) in [7, 11) is -5.06. The molecule has 0 amide bonds. The first-order valence-electron chi connectivity index (χ1n) is 11.5. The molecule has 0 aliphatic carbocycles. The van der Waals surface area contributed by atoms with Gasteiger partial charge in [0.2, 0.25) is 0 Å². The fourth-order valence-corrected chi connectivity index (χ4v) is 5.12. The van der Waals surface area contributed by atoms with Crippen LogP contribution in [-0.2, 0) is 8.85 Å². The van der Waals surface area contributed by atoms with Gasteiger partial charge in [0.05, 0.1) is 0 Å². The minimum Gasteiger partial charge on any atom is -0.417 e. The Morgan fingerprint density at radius 3 is 1.63 bits per heavy atom. The summed E-state index contributed by atoms with van der Waals surface area (Å²) in [5.74, 6) is 3.56. The Bertz CT molecular complexity index is 631. The van der Waals surface area contributed by atoms with Crippen LogP contribution in [0.15, 0.2) is 12.2 Å². The van der Waals surface area contributed by atoms with Crippen molar-refractivity contribution in [1.82, 2.24) is 0 Å². The van der Waals surface area contributed by atoms with Gasteiger partial charge in [0.15, 0.2) is 16.6 Å². The van der Waals surface area contributed by atoms with Gasteiger partial charge in [0.1, 0.15) is 14.2 Å². The lowest BCUT2D eigenvalue weighted by Gasteiger charge is -2.41. The van der Waals surface area contributed by atoms with Gasteiger partial charge in [-0.25, -0.2) is 0 Å². The highest BCUT2D eigenvalue weighted by atomic mass is 28.4. The van der Waals surface area contributed by atoms with Crippen molar-refractivity contribution in [3.05, 3.63) is 12.2 Å². The second-order valence-electron chi connectivity index (χ2n) is 13.4. The van der Waals surface area contributed by atoms with E-state index in [4.69, 9.17) is 8.85 Å². The van der Waals surface area contributed by atoms with E-state index in [1.165, 1.54) is 0 Å². The first-order valence-corrected chi connectivity index (χ1v) is 20.9. The second-order valence-corrected chi connectivity index (χ2v) is 27.7. The normalized spacial score (nSPS) is 15.8. The smallest absolute Gasteiger partial charge is 0.193 e. The van der Waals surface area contributed by atoms with Gasteiger partial charge in [-0.3, -0.25) is 0 Å². The van der Waals surface area contributed by atoms with Gasteiger partial charge in [0.25, 0.3) is 0 Å². The Balaban J connectivity index is 5.42. The van der Waals surface area contributed by atoms with Crippen LogP contribution in [0.4, 0.5) is 0 Å². The van der Waals surface area contributed by atoms with Gasteiger partial charge in [-0.05, 0) is 42.7 Å². The summed E-state index contributed by atoms with van der Waals surface area (Å²) in [6, 6.07) is 0. The SMILES string of the molecule is CC(C)(/C=C/CCO[Si](C)(C)C(C)(C)C)C(C#C[Si](C)(C)C)O[Si](C)(C)C(C)(C)C. The molecule has 0 saturated heterocycles. The Labute approximate surface area is 192 Å². The van der Waals surface area contributed by atoms with Crippen LogP contribution in [0.2, 0.25) is 55.9 Å². The minimum absolute atomic E-state index is 0.0809. The molecule has 0 bridgehead atoms. The molecule has 2 nitrogen and oxygen atoms in total. The van der Waals surface area contributed by atoms with E-state index >= 15 is 0 Å². The van der Waals surface area contributed by atoms with E-state index in [9.17, 15) is 0 Å². The van der Waals surface area contributed by atoms with Gasteiger partial charge in [-0.2, -0.15) is 0 Å². The zero-order chi connectivity index (χ0) is 24.2. The van der Waals surface area contributed by atoms with E-state index in [0.29, 0.717) is 0 Å². The van der Waals surface area contributed by atoms with Crippen LogP contribution < -0.4 is 0 Å². The van der Waals surface area contributed by atoms with Crippen molar-refractivity contribution >= 4 is 24.7 Å². The lowest BCUT2D eigenvalue weighted by molar-refractivity contribution is 0.141. The summed E-state index contributed by atoms with van der Waals surface area (Å²) in [6.45, 7) is 35.2. The van der Waals surface area contributed by atoms with Crippen LogP contribution in [0.3, 0.4) is 0 Å². The summed E-state index contributed by atoms with van der Waals surface area (Å²) in [6.07, 6.45) is 5.43. The third-order valence-electron chi connectivity index (χ3n) is 6.57. The highest BCUT2D eigenvalue weighted by molar-refractivity contribution is 6.83. The number of hydrogen-bond donors (Lipinski definition) is 0. The van der Waals surface area contributed by atoms with E-state index < -0.39 is 24.7 Å². The van der Waals surface area contributed by atoms with Gasteiger partial charge >= 0.3 is 0 Å². The molecule has 0 fully saturated rings. The molecule has 0 saturated carbocycles. The molecular formula is C25H52O2Si3. The molecule has 0 heterocycles. The fraction of sp³-hybridized carbons (Fsp3) is 0.840. The topological polar surface area (TPSA) is 18.5 Å². The van der Waals surface area contributed by atoms with Gasteiger partial charge < -0.3 is 8.85 Å². The standard InChI is InChI=1S/C25H52O2Si3/c1-23(2,3)29(12,13)26-20-17-16-19-25(7,8)22(18-21-28(9,10)11)27-30(14,15)24(4,5)6/h16,19,22H,17,20H2,1-15H3/b19-16+. The van der Waals surface area contributed by atoms with Crippen molar-refractivity contribution in [1.29, 1.82) is 0 Å². The zero-order valence-corrected chi connectivity index (χ0v) is 26.0. The largest absolute Gasteiger partial charge is 0.417 e. The minimum atomic E-state index is -1.91. The molecule has 1 atom stereocenters. The van der Waals surface area contributed by atoms with Gasteiger partial charge in [-0.1, -0.05) is 93.1 Å². The highest BCUT2D eigenvalue weighted by Gasteiger charge is 2.42. The van der Waals surface area contributed by atoms with Crippen molar-refractivity contribution in [2.45, 2.75) is 124 Å². The molecule has 1 unspecified atom stereocenters. The first-order chi connectivity index (χ1) is 13.0. The molecule has 0 aliphatic rings. The molecule has 0 aromatic carbocycles. The zero-order valence-electron chi connectivity index (χ0n) is 23.0. The molecule has 0 aromatic rings. The Morgan fingerprint density at radius 2 is 1.23 bits per heavy atom. The quantitative estimate of drug-likeness (QED) is 0.154. The van der Waals surface area contributed by atoms with Gasteiger partial charge in [-0.15, -0.1) is 5.54 Å². The third-order valence-corrected chi connectivity index (χ3v) is 16.4. The molecular weight excluding hydrogens is 417 g/mol. The van der Waals surface area contributed by atoms with Crippen molar-refractivity contribution in [3.8, 4) is 11.5 Å². The fourth-order valence-electron chi connectivity index (χ4n) is 2.19. The molecule has 30 heavy (non-hydrogen) atoms. The van der Waals surface area contributed by atoms with E-state index in [0.717, 1.165) is 13.0 Å². The predicted molar refractivity (Wildman–Crippen MR) is 144 cm³/mol. The second kappa shape index (κ2) is 10.2. The van der Waals surface area contributed by atoms with Crippen molar-refractivity contribution in [3.63, 3.8) is 0 Å². The number of hydrogen-bond acceptors (Lipinski definition) is 2. The predicted octanol–water partition coefficient (Wildman–Crippen LogP) is 8.25. The van der Waals surface area contributed by atoms with Crippen LogP contribution in [0, 0.1) is 16.9 Å². The Hall–Kier alpha value is -0.129. The van der Waals surface area contributed by atoms with Crippen molar-refractivity contribution in [2.75, 3.05) is 6.61 Å². The molecule has 5 heteroatoms. The summed E-state index contributed by atoms with van der Waals surface area (Å²) in [4.78, 5) is 0. The van der Waals surface area contributed by atoms with Crippen LogP contribution in [0.5, 0.6) is 0 Å². The summed E-state index contributed by atoms with van der Waals surface area (Å²) in [5, 5.41) is 0.424. The maximum atomic E-state index is 6.83. The molecule has 0 rings (SSSR count). The van der Waals surface area contributed by atoms with Crippen LogP contribution >= 0.6 is 0 Å². The Morgan fingerprint density at radius 1 is 0.767 bits per heavy atom. The van der Waals surface area contributed by atoms with E-state index in [-0.39, 0.29) is 21.6 Å². The highest BCUT2D eigenvalue weighted by Crippen LogP contribution is 2.40. The van der Waals surface area contributed by atoms with Crippen LogP contribution in [-0.4, -0.2) is 37.4 Å². The number of rotatable bonds is 8. The van der Waals surface area contributed by atoms with Crippen molar-refractivity contribution in [2.24, 2.45) is 5.41 Å². The van der Waals surface area contributed by atoms with Gasteiger partial charge in [0, 0.05) is 12.0 Å². The van der Waals surface area contributed by atoms with Crippen LogP contribution in [0.25, 0.3) is 0 Å². The van der Waals surface area contributed by atoms with E-state index in [1.807, 2.05) is 0 Å². The van der Waals surface area contributed by atoms with Crippen molar-refractivity contribution < 1.29 is 8.85 Å². The molecule has 0 aliphatic heterocycles. The summed E-state index contributed by atoms with van der Waals surface area (Å²) in [5.41, 5.74) is 3.43.